The third-order valence-electron chi connectivity index (χ3n) is 2.46. The molecule has 0 atom stereocenters. The van der Waals surface area contributed by atoms with E-state index in [-0.39, 0.29) is 0 Å². The van der Waals surface area contributed by atoms with E-state index in [1.165, 1.54) is 0 Å². The van der Waals surface area contributed by atoms with Crippen molar-refractivity contribution < 1.29 is 9.30 Å². The minimum Gasteiger partial charge on any atom is -0.497 e. The quantitative estimate of drug-likeness (QED) is 0.653. The van der Waals surface area contributed by atoms with E-state index in [0.29, 0.717) is 5.56 Å². The Morgan fingerprint density at radius 2 is 2.13 bits per heavy atom. The Kier molecular flexibility index (Phi) is 2.26. The van der Waals surface area contributed by atoms with Gasteiger partial charge in [-0.05, 0) is 12.1 Å². The zero-order chi connectivity index (χ0) is 10.8. The van der Waals surface area contributed by atoms with Crippen LogP contribution < -0.4 is 9.30 Å². The molecule has 3 heteroatoms. The summed E-state index contributed by atoms with van der Waals surface area (Å²) in [4.78, 5) is 0. The molecule has 1 aromatic heterocycles. The number of hydrogen-bond donors (Lipinski definition) is 0. The number of ether oxygens (including phenoxy) is 1. The maximum absolute atomic E-state index is 8.99. The lowest BCUT2D eigenvalue weighted by molar-refractivity contribution is -0.644. The van der Waals surface area contributed by atoms with E-state index in [4.69, 9.17) is 10.00 Å². The molecule has 1 aromatic carbocycles. The molecule has 0 unspecified atom stereocenters. The summed E-state index contributed by atoms with van der Waals surface area (Å²) in [6, 6.07) is 9.72. The van der Waals surface area contributed by atoms with Gasteiger partial charge in [0.05, 0.1) is 18.1 Å². The number of aryl methyl sites for hydroxylation is 1. The number of hydrogen-bond acceptors (Lipinski definition) is 2. The zero-order valence-electron chi connectivity index (χ0n) is 8.69. The summed E-state index contributed by atoms with van der Waals surface area (Å²) in [6.07, 6.45) is 1.88. The lowest BCUT2D eigenvalue weighted by Crippen LogP contribution is -2.28. The molecular weight excluding hydrogens is 188 g/mol. The van der Waals surface area contributed by atoms with Crippen molar-refractivity contribution in [3.63, 3.8) is 0 Å². The van der Waals surface area contributed by atoms with Crippen LogP contribution in [0.3, 0.4) is 0 Å². The Balaban J connectivity index is 2.84. The minimum atomic E-state index is 0.669. The van der Waals surface area contributed by atoms with E-state index in [2.05, 4.69) is 6.07 Å². The van der Waals surface area contributed by atoms with E-state index in [1.807, 2.05) is 42.1 Å². The lowest BCUT2D eigenvalue weighted by Gasteiger charge is -2.02. The van der Waals surface area contributed by atoms with Crippen LogP contribution in [0.2, 0.25) is 0 Å². The van der Waals surface area contributed by atoms with Crippen LogP contribution in [0.5, 0.6) is 5.75 Å². The molecule has 0 spiro atoms. The van der Waals surface area contributed by atoms with Gasteiger partial charge in [0.15, 0.2) is 6.20 Å². The summed E-state index contributed by atoms with van der Waals surface area (Å²) in [5.41, 5.74) is 1.69. The summed E-state index contributed by atoms with van der Waals surface area (Å²) in [5, 5.41) is 9.91. The van der Waals surface area contributed by atoms with Crippen molar-refractivity contribution in [3.8, 4) is 11.8 Å². The molecule has 1 heterocycles. The molecule has 0 saturated carbocycles. The highest BCUT2D eigenvalue weighted by Gasteiger charge is 2.09. The smallest absolute Gasteiger partial charge is 0.213 e. The van der Waals surface area contributed by atoms with E-state index < -0.39 is 0 Å². The zero-order valence-corrected chi connectivity index (χ0v) is 8.69. The molecule has 0 aliphatic heterocycles. The minimum absolute atomic E-state index is 0.669. The van der Waals surface area contributed by atoms with Gasteiger partial charge in [0, 0.05) is 12.1 Å². The summed E-state index contributed by atoms with van der Waals surface area (Å²) in [5.74, 6) is 0.769. The molecule has 0 saturated heterocycles. The second-order valence-electron chi connectivity index (χ2n) is 3.34. The Labute approximate surface area is 88.1 Å². The number of nitrogens with zero attached hydrogens (tertiary/aromatic N) is 2. The van der Waals surface area contributed by atoms with Crippen molar-refractivity contribution in [1.82, 2.24) is 0 Å². The third kappa shape index (κ3) is 1.50. The van der Waals surface area contributed by atoms with Crippen LogP contribution in [-0.4, -0.2) is 7.11 Å². The topological polar surface area (TPSA) is 36.9 Å². The molecule has 3 nitrogen and oxygen atoms in total. The molecule has 15 heavy (non-hydrogen) atoms. The number of methoxy groups -OCH3 is 1. The van der Waals surface area contributed by atoms with E-state index in [9.17, 15) is 0 Å². The van der Waals surface area contributed by atoms with Crippen molar-refractivity contribution in [1.29, 1.82) is 5.26 Å². The molecule has 0 N–H and O–H groups in total. The fraction of sp³-hybridized carbons (Fsp3) is 0.167. The van der Waals surface area contributed by atoms with Crippen LogP contribution in [0, 0.1) is 11.3 Å². The van der Waals surface area contributed by atoms with Crippen LogP contribution in [0.1, 0.15) is 5.56 Å². The van der Waals surface area contributed by atoms with Gasteiger partial charge in [-0.25, -0.2) is 4.57 Å². The summed E-state index contributed by atoms with van der Waals surface area (Å²) >= 11 is 0. The Bertz CT molecular complexity index is 555. The standard InChI is InChI=1S/C12H11N2O/c1-14-6-5-9(8-13)11-7-10(15-2)3-4-12(11)14/h3-7H,1-2H3/q+1. The average Bonchev–Trinajstić information content (AvgIpc) is 2.29. The first kappa shape index (κ1) is 9.47. The molecule has 0 radical (unpaired) electrons. The van der Waals surface area contributed by atoms with Crippen LogP contribution in [-0.2, 0) is 7.05 Å². The van der Waals surface area contributed by atoms with E-state index >= 15 is 0 Å². The van der Waals surface area contributed by atoms with Crippen LogP contribution in [0.15, 0.2) is 30.5 Å². The van der Waals surface area contributed by atoms with Gasteiger partial charge in [-0.15, -0.1) is 0 Å². The van der Waals surface area contributed by atoms with E-state index in [0.717, 1.165) is 16.7 Å². The van der Waals surface area contributed by atoms with Gasteiger partial charge in [-0.2, -0.15) is 5.26 Å². The summed E-state index contributed by atoms with van der Waals surface area (Å²) < 4.78 is 7.12. The Morgan fingerprint density at radius 3 is 2.80 bits per heavy atom. The van der Waals surface area contributed by atoms with Crippen molar-refractivity contribution in [2.75, 3.05) is 7.11 Å². The first-order valence-electron chi connectivity index (χ1n) is 4.63. The highest BCUT2D eigenvalue weighted by Crippen LogP contribution is 2.20. The molecule has 2 rings (SSSR count). The summed E-state index contributed by atoms with van der Waals surface area (Å²) in [6.45, 7) is 0. The fourth-order valence-corrected chi connectivity index (χ4v) is 1.62. The van der Waals surface area contributed by atoms with E-state index in [1.54, 1.807) is 7.11 Å². The maximum atomic E-state index is 8.99. The molecule has 0 aliphatic carbocycles. The molecule has 74 valence electrons. The van der Waals surface area contributed by atoms with Crippen molar-refractivity contribution in [2.24, 2.45) is 7.05 Å². The predicted molar refractivity (Wildman–Crippen MR) is 56.4 cm³/mol. The molecular formula is C12H11N2O+. The second-order valence-corrected chi connectivity index (χ2v) is 3.34. The van der Waals surface area contributed by atoms with Gasteiger partial charge in [-0.3, -0.25) is 0 Å². The highest BCUT2D eigenvalue weighted by atomic mass is 16.5. The molecule has 2 aromatic rings. The third-order valence-corrected chi connectivity index (χ3v) is 2.46. The fourth-order valence-electron chi connectivity index (χ4n) is 1.62. The van der Waals surface area contributed by atoms with Crippen molar-refractivity contribution >= 4 is 10.9 Å². The van der Waals surface area contributed by atoms with Gasteiger partial charge in [0.2, 0.25) is 5.52 Å². The monoisotopic (exact) mass is 199 g/mol. The lowest BCUT2D eigenvalue weighted by atomic mass is 10.1. The van der Waals surface area contributed by atoms with Gasteiger partial charge in [-0.1, -0.05) is 0 Å². The average molecular weight is 199 g/mol. The van der Waals surface area contributed by atoms with Gasteiger partial charge >= 0.3 is 0 Å². The normalized spacial score (nSPS) is 9.93. The van der Waals surface area contributed by atoms with Crippen LogP contribution in [0.4, 0.5) is 0 Å². The molecule has 0 bridgehead atoms. The first-order chi connectivity index (χ1) is 7.26. The van der Waals surface area contributed by atoms with Gasteiger partial charge in [0.25, 0.3) is 0 Å². The second kappa shape index (κ2) is 3.58. The number of nitriles is 1. The van der Waals surface area contributed by atoms with Gasteiger partial charge in [0.1, 0.15) is 18.9 Å². The maximum Gasteiger partial charge on any atom is 0.213 e. The Morgan fingerprint density at radius 1 is 1.33 bits per heavy atom. The van der Waals surface area contributed by atoms with Crippen LogP contribution >= 0.6 is 0 Å². The Hall–Kier alpha value is -2.08. The molecule has 0 amide bonds. The summed E-state index contributed by atoms with van der Waals surface area (Å²) in [7, 11) is 3.58. The number of aromatic nitrogens is 1. The highest BCUT2D eigenvalue weighted by molar-refractivity contribution is 5.83. The first-order valence-corrected chi connectivity index (χ1v) is 4.63. The number of rotatable bonds is 1. The molecule has 0 aliphatic rings. The SMILES string of the molecule is COc1ccc2c(c1)c(C#N)cc[n+]2C. The largest absolute Gasteiger partial charge is 0.497 e. The number of benzene rings is 1. The van der Waals surface area contributed by atoms with Crippen LogP contribution in [0.25, 0.3) is 10.9 Å². The van der Waals surface area contributed by atoms with Crippen molar-refractivity contribution in [3.05, 3.63) is 36.0 Å². The van der Waals surface area contributed by atoms with Gasteiger partial charge < -0.3 is 4.74 Å². The molecule has 0 fully saturated rings. The van der Waals surface area contributed by atoms with Crippen molar-refractivity contribution in [2.45, 2.75) is 0 Å². The number of fused-ring (bicyclic) bond motifs is 1. The number of pyridine rings is 1. The predicted octanol–water partition coefficient (Wildman–Crippen LogP) is 1.54.